The number of benzene rings is 1. The molecule has 0 aliphatic carbocycles. The third-order valence-electron chi connectivity index (χ3n) is 3.39. The summed E-state index contributed by atoms with van der Waals surface area (Å²) in [7, 11) is 1.54. The zero-order chi connectivity index (χ0) is 18.1. The summed E-state index contributed by atoms with van der Waals surface area (Å²) in [5, 5.41) is 0. The lowest BCUT2D eigenvalue weighted by atomic mass is 10.2. The van der Waals surface area contributed by atoms with E-state index in [1.54, 1.807) is 37.7 Å². The highest BCUT2D eigenvalue weighted by Crippen LogP contribution is 2.06. The molecule has 1 aromatic heterocycles. The molecule has 2 aromatic rings. The fourth-order valence-corrected chi connectivity index (χ4v) is 2.13. The Morgan fingerprint density at radius 2 is 1.84 bits per heavy atom. The van der Waals surface area contributed by atoms with Gasteiger partial charge in [-0.05, 0) is 23.8 Å². The zero-order valence-electron chi connectivity index (χ0n) is 13.8. The summed E-state index contributed by atoms with van der Waals surface area (Å²) in [4.78, 5) is 41.8. The van der Waals surface area contributed by atoms with Gasteiger partial charge in [-0.25, -0.2) is 4.79 Å². The minimum Gasteiger partial charge on any atom is -0.321 e. The van der Waals surface area contributed by atoms with Crippen LogP contribution in [-0.4, -0.2) is 46.6 Å². The van der Waals surface area contributed by atoms with Crippen LogP contribution in [0.3, 0.4) is 0 Å². The average Bonchev–Trinajstić information content (AvgIpc) is 2.65. The van der Waals surface area contributed by atoms with E-state index in [9.17, 15) is 14.4 Å². The number of aromatic nitrogens is 1. The van der Waals surface area contributed by atoms with Crippen molar-refractivity contribution in [2.75, 3.05) is 13.6 Å². The number of carbonyl (C=O) groups excluding carboxylic acids is 3. The quantitative estimate of drug-likeness (QED) is 0.759. The standard InChI is InChI=1S/C19H18N3O3/c1-21(15-17-9-5-6-12-20-17)19(25)22(13-14-23)18(24)11-10-16-7-3-2-4-8-16/h2-12H,13,15H2,1H3/b11-10+. The van der Waals surface area contributed by atoms with Gasteiger partial charge >= 0.3 is 6.03 Å². The fraction of sp³-hybridized carbons (Fsp3) is 0.158. The second-order valence-corrected chi connectivity index (χ2v) is 5.27. The molecule has 0 fully saturated rings. The smallest absolute Gasteiger partial charge is 0.321 e. The second kappa shape index (κ2) is 9.12. The van der Waals surface area contributed by atoms with Crippen molar-refractivity contribution < 1.29 is 14.4 Å². The second-order valence-electron chi connectivity index (χ2n) is 5.27. The molecule has 1 radical (unpaired) electrons. The molecule has 1 heterocycles. The van der Waals surface area contributed by atoms with Gasteiger partial charge in [0.05, 0.1) is 18.8 Å². The van der Waals surface area contributed by atoms with Crippen molar-refractivity contribution in [3.63, 3.8) is 0 Å². The maximum absolute atomic E-state index is 12.5. The summed E-state index contributed by atoms with van der Waals surface area (Å²) in [5.41, 5.74) is 1.50. The molecular formula is C19H18N3O3. The van der Waals surface area contributed by atoms with E-state index in [1.807, 2.05) is 36.4 Å². The van der Waals surface area contributed by atoms with Crippen molar-refractivity contribution in [3.05, 3.63) is 72.1 Å². The summed E-state index contributed by atoms with van der Waals surface area (Å²) in [6.45, 7) is -0.200. The largest absolute Gasteiger partial charge is 0.327 e. The Kier molecular flexibility index (Phi) is 6.59. The molecule has 25 heavy (non-hydrogen) atoms. The first-order valence-electron chi connectivity index (χ1n) is 7.66. The molecule has 3 amide bonds. The molecule has 0 aliphatic rings. The molecule has 127 valence electrons. The molecule has 6 nitrogen and oxygen atoms in total. The fourth-order valence-electron chi connectivity index (χ4n) is 2.13. The van der Waals surface area contributed by atoms with Gasteiger partial charge in [0, 0.05) is 19.3 Å². The number of urea groups is 1. The Hall–Kier alpha value is -3.28. The molecule has 0 bridgehead atoms. The first-order valence-corrected chi connectivity index (χ1v) is 7.66. The SMILES string of the molecule is CN(Cc1ccccn1)C(=O)N(C[C]=O)C(=O)/C=C/c1ccccc1. The van der Waals surface area contributed by atoms with E-state index >= 15 is 0 Å². The Balaban J connectivity index is 2.07. The van der Waals surface area contributed by atoms with Gasteiger partial charge in [0.1, 0.15) is 0 Å². The number of hydrogen-bond donors (Lipinski definition) is 0. The van der Waals surface area contributed by atoms with Crippen LogP contribution in [0.2, 0.25) is 0 Å². The highest BCUT2D eigenvalue weighted by molar-refractivity contribution is 6.03. The van der Waals surface area contributed by atoms with Gasteiger partial charge in [0.2, 0.25) is 6.29 Å². The van der Waals surface area contributed by atoms with Crippen molar-refractivity contribution in [1.29, 1.82) is 0 Å². The first-order chi connectivity index (χ1) is 12.1. The minimum absolute atomic E-state index is 0.227. The van der Waals surface area contributed by atoms with Gasteiger partial charge in [-0.2, -0.15) is 0 Å². The third-order valence-corrected chi connectivity index (χ3v) is 3.39. The van der Waals surface area contributed by atoms with Crippen molar-refractivity contribution in [2.24, 2.45) is 0 Å². The van der Waals surface area contributed by atoms with E-state index in [2.05, 4.69) is 4.98 Å². The van der Waals surface area contributed by atoms with Gasteiger partial charge in [0.15, 0.2) is 0 Å². The van der Waals surface area contributed by atoms with Crippen LogP contribution in [0.15, 0.2) is 60.8 Å². The van der Waals surface area contributed by atoms with Crippen molar-refractivity contribution in [2.45, 2.75) is 6.54 Å². The lowest BCUT2D eigenvalue weighted by molar-refractivity contribution is -0.123. The number of pyridine rings is 1. The summed E-state index contributed by atoms with van der Waals surface area (Å²) in [6.07, 6.45) is 6.08. The van der Waals surface area contributed by atoms with Gasteiger partial charge in [-0.15, -0.1) is 0 Å². The molecule has 2 rings (SSSR count). The highest BCUT2D eigenvalue weighted by Gasteiger charge is 2.23. The normalized spacial score (nSPS) is 10.4. The van der Waals surface area contributed by atoms with Crippen LogP contribution in [0, 0.1) is 0 Å². The Morgan fingerprint density at radius 3 is 2.48 bits per heavy atom. The lowest BCUT2D eigenvalue weighted by Crippen LogP contribution is -2.44. The molecule has 0 N–H and O–H groups in total. The van der Waals surface area contributed by atoms with Crippen molar-refractivity contribution in [3.8, 4) is 0 Å². The number of rotatable bonds is 6. The summed E-state index contributed by atoms with van der Waals surface area (Å²) in [5.74, 6) is -0.579. The van der Waals surface area contributed by atoms with E-state index in [1.165, 1.54) is 11.0 Å². The highest BCUT2D eigenvalue weighted by atomic mass is 16.2. The Morgan fingerprint density at radius 1 is 1.12 bits per heavy atom. The number of hydrogen-bond acceptors (Lipinski definition) is 4. The van der Waals surface area contributed by atoms with Gasteiger partial charge in [0.25, 0.3) is 5.91 Å². The Bertz CT molecular complexity index is 745. The molecule has 0 spiro atoms. The molecule has 0 saturated heterocycles. The van der Waals surface area contributed by atoms with Crippen LogP contribution in [0.5, 0.6) is 0 Å². The first kappa shape index (κ1) is 18.1. The van der Waals surface area contributed by atoms with E-state index in [0.29, 0.717) is 5.69 Å². The lowest BCUT2D eigenvalue weighted by Gasteiger charge is -2.24. The minimum atomic E-state index is -0.586. The van der Waals surface area contributed by atoms with Crippen LogP contribution < -0.4 is 0 Å². The molecule has 1 aromatic carbocycles. The average molecular weight is 336 g/mol. The van der Waals surface area contributed by atoms with E-state index < -0.39 is 18.5 Å². The van der Waals surface area contributed by atoms with E-state index in [0.717, 1.165) is 10.5 Å². The van der Waals surface area contributed by atoms with Crippen LogP contribution in [0.25, 0.3) is 6.08 Å². The zero-order valence-corrected chi connectivity index (χ0v) is 13.8. The molecule has 6 heteroatoms. The van der Waals surface area contributed by atoms with Crippen molar-refractivity contribution in [1.82, 2.24) is 14.8 Å². The summed E-state index contributed by atoms with van der Waals surface area (Å²) >= 11 is 0. The van der Waals surface area contributed by atoms with Crippen molar-refractivity contribution >= 4 is 24.3 Å². The van der Waals surface area contributed by atoms with Crippen LogP contribution in [0.4, 0.5) is 4.79 Å². The summed E-state index contributed by atoms with van der Waals surface area (Å²) in [6, 6.07) is 14.0. The predicted octanol–water partition coefficient (Wildman–Crippen LogP) is 2.29. The molecule has 0 saturated carbocycles. The monoisotopic (exact) mass is 336 g/mol. The van der Waals surface area contributed by atoms with Gasteiger partial charge in [-0.3, -0.25) is 19.5 Å². The molecule has 0 atom stereocenters. The van der Waals surface area contributed by atoms with Crippen LogP contribution in [-0.2, 0) is 16.1 Å². The third kappa shape index (κ3) is 5.39. The topological polar surface area (TPSA) is 70.6 Å². The maximum Gasteiger partial charge on any atom is 0.327 e. The maximum atomic E-state index is 12.5. The number of nitrogens with zero attached hydrogens (tertiary/aromatic N) is 3. The van der Waals surface area contributed by atoms with E-state index in [-0.39, 0.29) is 6.54 Å². The molecule has 0 aliphatic heterocycles. The predicted molar refractivity (Wildman–Crippen MR) is 94.0 cm³/mol. The Labute approximate surface area is 146 Å². The summed E-state index contributed by atoms with van der Waals surface area (Å²) < 4.78 is 0. The van der Waals surface area contributed by atoms with Gasteiger partial charge in [-0.1, -0.05) is 36.4 Å². The van der Waals surface area contributed by atoms with E-state index in [4.69, 9.17) is 0 Å². The number of imide groups is 1. The molecular weight excluding hydrogens is 318 g/mol. The number of carbonyl (C=O) groups is 2. The van der Waals surface area contributed by atoms with Crippen LogP contribution in [0.1, 0.15) is 11.3 Å². The van der Waals surface area contributed by atoms with Gasteiger partial charge < -0.3 is 4.90 Å². The molecule has 0 unspecified atom stereocenters. The van der Waals surface area contributed by atoms with Crippen LogP contribution >= 0.6 is 0 Å². The number of amides is 3.